The highest BCUT2D eigenvalue weighted by Gasteiger charge is 2.23. The molecule has 0 atom stereocenters. The molecule has 2 aromatic carbocycles. The first-order chi connectivity index (χ1) is 10.6. The molecule has 0 bridgehead atoms. The van der Waals surface area contributed by atoms with E-state index in [1.807, 2.05) is 0 Å². The summed E-state index contributed by atoms with van der Waals surface area (Å²) in [5, 5.41) is 0. The number of ether oxygens (including phenoxy) is 2. The van der Waals surface area contributed by atoms with Gasteiger partial charge in [0.1, 0.15) is 18.1 Å². The maximum atomic E-state index is 12.4. The summed E-state index contributed by atoms with van der Waals surface area (Å²) in [5.74, 6) is 0.382. The van der Waals surface area contributed by atoms with Crippen LogP contribution in [0.1, 0.15) is 15.9 Å². The quantitative estimate of drug-likeness (QED) is 0.805. The molecule has 0 saturated carbocycles. The lowest BCUT2D eigenvalue weighted by Crippen LogP contribution is -2.18. The third kappa shape index (κ3) is 2.83. The van der Waals surface area contributed by atoms with Gasteiger partial charge in [-0.15, -0.1) is 0 Å². The zero-order valence-corrected chi connectivity index (χ0v) is 11.5. The van der Waals surface area contributed by atoms with Crippen LogP contribution in [0.15, 0.2) is 54.1 Å². The normalized spacial score (nSPS) is 15.6. The molecule has 3 rings (SSSR count). The zero-order chi connectivity index (χ0) is 15.5. The van der Waals surface area contributed by atoms with Gasteiger partial charge in [0, 0.05) is 11.1 Å². The number of Topliss-reactive ketones (excluding diaryl/α,β-unsaturated/α-hetero) is 1. The average molecular weight is 302 g/mol. The number of ketones is 1. The Hall–Kier alpha value is -2.69. The SMILES string of the molecule is O=C1/C(=C/c2ccccc2OC(F)F)COc2ccccc21. The van der Waals surface area contributed by atoms with E-state index in [0.29, 0.717) is 22.4 Å². The van der Waals surface area contributed by atoms with Crippen LogP contribution in [0.5, 0.6) is 11.5 Å². The van der Waals surface area contributed by atoms with Crippen molar-refractivity contribution in [1.29, 1.82) is 0 Å². The standard InChI is InChI=1S/C17H12F2O3/c18-17(19)22-14-7-3-1-5-11(14)9-12-10-21-15-8-4-2-6-13(15)16(12)20/h1-9,17H,10H2/b12-9+. The smallest absolute Gasteiger partial charge is 0.387 e. The number of hydrogen-bond acceptors (Lipinski definition) is 3. The van der Waals surface area contributed by atoms with Crippen LogP contribution >= 0.6 is 0 Å². The van der Waals surface area contributed by atoms with Gasteiger partial charge in [0.05, 0.1) is 5.56 Å². The number of carbonyl (C=O) groups excluding carboxylic acids is 1. The minimum atomic E-state index is -2.92. The number of benzene rings is 2. The van der Waals surface area contributed by atoms with E-state index in [9.17, 15) is 13.6 Å². The fourth-order valence-electron chi connectivity index (χ4n) is 2.27. The molecule has 3 nitrogen and oxygen atoms in total. The Morgan fingerprint density at radius 1 is 1.09 bits per heavy atom. The largest absolute Gasteiger partial charge is 0.488 e. The molecule has 1 aliphatic rings. The van der Waals surface area contributed by atoms with Gasteiger partial charge in [-0.05, 0) is 24.3 Å². The lowest BCUT2D eigenvalue weighted by atomic mass is 9.98. The van der Waals surface area contributed by atoms with Crippen molar-refractivity contribution >= 4 is 11.9 Å². The molecule has 1 aliphatic heterocycles. The van der Waals surface area contributed by atoms with Crippen LogP contribution < -0.4 is 9.47 Å². The molecule has 0 aliphatic carbocycles. The number of carbonyl (C=O) groups is 1. The van der Waals surface area contributed by atoms with Crippen LogP contribution in [0.4, 0.5) is 8.78 Å². The molecule has 0 unspecified atom stereocenters. The van der Waals surface area contributed by atoms with Crippen LogP contribution in [0, 0.1) is 0 Å². The predicted octanol–water partition coefficient (Wildman–Crippen LogP) is 3.95. The van der Waals surface area contributed by atoms with Crippen molar-refractivity contribution in [3.05, 3.63) is 65.2 Å². The lowest BCUT2D eigenvalue weighted by Gasteiger charge is -2.18. The molecule has 0 spiro atoms. The third-order valence-corrected chi connectivity index (χ3v) is 3.27. The molecule has 0 fully saturated rings. The van der Waals surface area contributed by atoms with E-state index < -0.39 is 6.61 Å². The molecule has 0 N–H and O–H groups in total. The summed E-state index contributed by atoms with van der Waals surface area (Å²) in [6.45, 7) is -2.82. The Morgan fingerprint density at radius 2 is 1.82 bits per heavy atom. The van der Waals surface area contributed by atoms with Gasteiger partial charge in [-0.3, -0.25) is 4.79 Å². The molecule has 22 heavy (non-hydrogen) atoms. The van der Waals surface area contributed by atoms with Gasteiger partial charge in [0.25, 0.3) is 0 Å². The molecule has 2 aromatic rings. The van der Waals surface area contributed by atoms with Gasteiger partial charge in [-0.1, -0.05) is 30.3 Å². The number of alkyl halides is 2. The highest BCUT2D eigenvalue weighted by Crippen LogP contribution is 2.29. The van der Waals surface area contributed by atoms with E-state index in [2.05, 4.69) is 4.74 Å². The summed E-state index contributed by atoms with van der Waals surface area (Å²) in [6.07, 6.45) is 1.52. The van der Waals surface area contributed by atoms with Gasteiger partial charge >= 0.3 is 6.61 Å². The topological polar surface area (TPSA) is 35.5 Å². The lowest BCUT2D eigenvalue weighted by molar-refractivity contribution is -0.0499. The first-order valence-corrected chi connectivity index (χ1v) is 6.66. The minimum Gasteiger partial charge on any atom is -0.488 e. The van der Waals surface area contributed by atoms with E-state index in [-0.39, 0.29) is 18.1 Å². The summed E-state index contributed by atoms with van der Waals surface area (Å²) >= 11 is 0. The van der Waals surface area contributed by atoms with Gasteiger partial charge in [0.2, 0.25) is 0 Å². The first kappa shape index (κ1) is 14.3. The molecule has 5 heteroatoms. The molecule has 1 heterocycles. The monoisotopic (exact) mass is 302 g/mol. The second-order valence-electron chi connectivity index (χ2n) is 4.70. The number of fused-ring (bicyclic) bond motifs is 1. The number of hydrogen-bond donors (Lipinski definition) is 0. The minimum absolute atomic E-state index is 0.0247. The second kappa shape index (κ2) is 5.97. The maximum Gasteiger partial charge on any atom is 0.387 e. The summed E-state index contributed by atoms with van der Waals surface area (Å²) in [7, 11) is 0. The van der Waals surface area contributed by atoms with Crippen molar-refractivity contribution in [2.24, 2.45) is 0 Å². The number of halogens is 2. The Balaban J connectivity index is 1.96. The average Bonchev–Trinajstić information content (AvgIpc) is 2.51. The summed E-state index contributed by atoms with van der Waals surface area (Å²) in [6, 6.07) is 13.2. The highest BCUT2D eigenvalue weighted by atomic mass is 19.3. The van der Waals surface area contributed by atoms with Crippen LogP contribution in [-0.4, -0.2) is 19.0 Å². The van der Waals surface area contributed by atoms with Crippen molar-refractivity contribution in [1.82, 2.24) is 0 Å². The molecule has 0 amide bonds. The fourth-order valence-corrected chi connectivity index (χ4v) is 2.27. The second-order valence-corrected chi connectivity index (χ2v) is 4.70. The molecule has 112 valence electrons. The van der Waals surface area contributed by atoms with Gasteiger partial charge in [-0.25, -0.2) is 0 Å². The van der Waals surface area contributed by atoms with E-state index >= 15 is 0 Å². The van der Waals surface area contributed by atoms with Crippen LogP contribution in [-0.2, 0) is 0 Å². The number of rotatable bonds is 3. The molecule has 0 radical (unpaired) electrons. The van der Waals surface area contributed by atoms with Crippen molar-refractivity contribution in [3.63, 3.8) is 0 Å². The maximum absolute atomic E-state index is 12.4. The molecule has 0 aromatic heterocycles. The number of para-hydroxylation sites is 2. The Bertz CT molecular complexity index is 738. The van der Waals surface area contributed by atoms with Crippen LogP contribution in [0.25, 0.3) is 6.08 Å². The van der Waals surface area contributed by atoms with E-state index in [1.54, 1.807) is 42.5 Å². The third-order valence-electron chi connectivity index (χ3n) is 3.27. The van der Waals surface area contributed by atoms with Crippen molar-refractivity contribution in [3.8, 4) is 11.5 Å². The van der Waals surface area contributed by atoms with Gasteiger partial charge in [-0.2, -0.15) is 8.78 Å². The van der Waals surface area contributed by atoms with Gasteiger partial charge < -0.3 is 9.47 Å². The molecule has 0 saturated heterocycles. The molecular formula is C17H12F2O3. The predicted molar refractivity (Wildman–Crippen MR) is 77.3 cm³/mol. The summed E-state index contributed by atoms with van der Waals surface area (Å²) in [4.78, 5) is 12.4. The van der Waals surface area contributed by atoms with Crippen LogP contribution in [0.3, 0.4) is 0 Å². The summed E-state index contributed by atoms with van der Waals surface area (Å²) < 4.78 is 34.8. The van der Waals surface area contributed by atoms with Gasteiger partial charge in [0.15, 0.2) is 5.78 Å². The molecular weight excluding hydrogens is 290 g/mol. The highest BCUT2D eigenvalue weighted by molar-refractivity contribution is 6.14. The Labute approximate surface area is 125 Å². The Kier molecular flexibility index (Phi) is 3.87. The first-order valence-electron chi connectivity index (χ1n) is 6.66. The Morgan fingerprint density at radius 3 is 2.64 bits per heavy atom. The van der Waals surface area contributed by atoms with Crippen molar-refractivity contribution < 1.29 is 23.0 Å². The van der Waals surface area contributed by atoms with Crippen LogP contribution in [0.2, 0.25) is 0 Å². The van der Waals surface area contributed by atoms with E-state index in [1.165, 1.54) is 12.1 Å². The zero-order valence-electron chi connectivity index (χ0n) is 11.5. The van der Waals surface area contributed by atoms with Crippen molar-refractivity contribution in [2.75, 3.05) is 6.61 Å². The van der Waals surface area contributed by atoms with E-state index in [4.69, 9.17) is 4.74 Å². The summed E-state index contributed by atoms with van der Waals surface area (Å²) in [5.41, 5.74) is 1.27. The fraction of sp³-hybridized carbons (Fsp3) is 0.118. The van der Waals surface area contributed by atoms with E-state index in [0.717, 1.165) is 0 Å². The van der Waals surface area contributed by atoms with Crippen molar-refractivity contribution in [2.45, 2.75) is 6.61 Å².